The second-order valence-corrected chi connectivity index (χ2v) is 4.73. The molecule has 0 radical (unpaired) electrons. The van der Waals surface area contributed by atoms with Crippen molar-refractivity contribution in [2.24, 2.45) is 0 Å². The summed E-state index contributed by atoms with van der Waals surface area (Å²) in [5.74, 6) is 1.46. The standard InChI is InChI=1S/C12H19N5O2/c1-9(7-18)15-10-5-11(14-8-13-10)17-4-3-16(2)12(19)6-17/h5,8-9,18H,3-4,6-7H2,1-2H3,(H,13,14,15)/t9-/m0/s1. The van der Waals surface area contributed by atoms with Crippen LogP contribution in [-0.2, 0) is 4.79 Å². The molecule has 2 heterocycles. The molecule has 1 saturated heterocycles. The average Bonchev–Trinajstić information content (AvgIpc) is 2.42. The van der Waals surface area contributed by atoms with Crippen molar-refractivity contribution < 1.29 is 9.90 Å². The number of anilines is 2. The van der Waals surface area contributed by atoms with Gasteiger partial charge in [-0.05, 0) is 6.92 Å². The maximum atomic E-state index is 11.7. The van der Waals surface area contributed by atoms with Crippen molar-refractivity contribution in [3.05, 3.63) is 12.4 Å². The summed E-state index contributed by atoms with van der Waals surface area (Å²) < 4.78 is 0. The highest BCUT2D eigenvalue weighted by Gasteiger charge is 2.22. The number of aliphatic hydroxyl groups is 1. The average molecular weight is 265 g/mol. The molecule has 0 spiro atoms. The maximum Gasteiger partial charge on any atom is 0.241 e. The van der Waals surface area contributed by atoms with Gasteiger partial charge in [0.15, 0.2) is 0 Å². The minimum atomic E-state index is -0.0723. The van der Waals surface area contributed by atoms with Gasteiger partial charge in [0.05, 0.1) is 13.2 Å². The molecule has 7 nitrogen and oxygen atoms in total. The first kappa shape index (κ1) is 13.5. The van der Waals surface area contributed by atoms with Gasteiger partial charge in [0, 0.05) is 32.2 Å². The van der Waals surface area contributed by atoms with Crippen LogP contribution < -0.4 is 10.2 Å². The Hall–Kier alpha value is -1.89. The van der Waals surface area contributed by atoms with Crippen LogP contribution in [0.2, 0.25) is 0 Å². The third kappa shape index (κ3) is 3.31. The molecular formula is C12H19N5O2. The summed E-state index contributed by atoms with van der Waals surface area (Å²) in [6, 6.07) is 1.72. The predicted molar refractivity (Wildman–Crippen MR) is 72.1 cm³/mol. The predicted octanol–water partition coefficient (Wildman–Crippen LogP) is -0.452. The van der Waals surface area contributed by atoms with Crippen LogP contribution in [0.5, 0.6) is 0 Å². The third-order valence-corrected chi connectivity index (χ3v) is 3.10. The van der Waals surface area contributed by atoms with Gasteiger partial charge in [-0.25, -0.2) is 9.97 Å². The summed E-state index contributed by atoms with van der Waals surface area (Å²) in [6.45, 7) is 3.68. The number of aromatic nitrogens is 2. The van der Waals surface area contributed by atoms with Crippen molar-refractivity contribution in [3.8, 4) is 0 Å². The normalized spacial score (nSPS) is 17.5. The Balaban J connectivity index is 2.08. The fourth-order valence-corrected chi connectivity index (χ4v) is 1.85. The highest BCUT2D eigenvalue weighted by molar-refractivity contribution is 5.82. The lowest BCUT2D eigenvalue weighted by Crippen LogP contribution is -2.48. The van der Waals surface area contributed by atoms with E-state index in [0.29, 0.717) is 18.9 Å². The lowest BCUT2D eigenvalue weighted by atomic mass is 10.3. The van der Waals surface area contributed by atoms with E-state index in [4.69, 9.17) is 5.11 Å². The van der Waals surface area contributed by atoms with Crippen LogP contribution >= 0.6 is 0 Å². The monoisotopic (exact) mass is 265 g/mol. The first-order valence-corrected chi connectivity index (χ1v) is 6.28. The lowest BCUT2D eigenvalue weighted by Gasteiger charge is -2.32. The summed E-state index contributed by atoms with van der Waals surface area (Å²) >= 11 is 0. The number of rotatable bonds is 4. The minimum absolute atomic E-state index is 0.0341. The molecule has 0 aromatic carbocycles. The van der Waals surface area contributed by atoms with Crippen molar-refractivity contribution in [3.63, 3.8) is 0 Å². The summed E-state index contributed by atoms with van der Waals surface area (Å²) in [5, 5.41) is 12.1. The molecule has 1 aliphatic rings. The van der Waals surface area contributed by atoms with E-state index in [9.17, 15) is 4.79 Å². The summed E-state index contributed by atoms with van der Waals surface area (Å²) in [7, 11) is 1.80. The number of nitrogens with one attached hydrogen (secondary N) is 1. The zero-order valence-electron chi connectivity index (χ0n) is 11.2. The van der Waals surface area contributed by atoms with Gasteiger partial charge in [0.2, 0.25) is 5.91 Å². The first-order chi connectivity index (χ1) is 9.10. The fourth-order valence-electron chi connectivity index (χ4n) is 1.85. The van der Waals surface area contributed by atoms with E-state index < -0.39 is 0 Å². The summed E-state index contributed by atoms with van der Waals surface area (Å²) in [5.41, 5.74) is 0. The number of likely N-dealkylation sites (N-methyl/N-ethyl adjacent to an activating group) is 1. The highest BCUT2D eigenvalue weighted by Crippen LogP contribution is 2.16. The van der Waals surface area contributed by atoms with E-state index in [1.54, 1.807) is 18.0 Å². The van der Waals surface area contributed by atoms with Gasteiger partial charge in [-0.2, -0.15) is 0 Å². The smallest absolute Gasteiger partial charge is 0.241 e. The van der Waals surface area contributed by atoms with Crippen LogP contribution in [0.1, 0.15) is 6.92 Å². The summed E-state index contributed by atoms with van der Waals surface area (Å²) in [4.78, 5) is 23.6. The van der Waals surface area contributed by atoms with E-state index in [-0.39, 0.29) is 18.6 Å². The molecule has 0 unspecified atom stereocenters. The molecular weight excluding hydrogens is 246 g/mol. The van der Waals surface area contributed by atoms with Crippen LogP contribution in [-0.4, -0.2) is 65.2 Å². The van der Waals surface area contributed by atoms with Gasteiger partial charge in [-0.1, -0.05) is 0 Å². The molecule has 2 N–H and O–H groups in total. The topological polar surface area (TPSA) is 81.6 Å². The molecule has 2 rings (SSSR count). The van der Waals surface area contributed by atoms with Gasteiger partial charge in [-0.3, -0.25) is 4.79 Å². The number of hydrogen-bond donors (Lipinski definition) is 2. The first-order valence-electron chi connectivity index (χ1n) is 6.28. The van der Waals surface area contributed by atoms with E-state index in [0.717, 1.165) is 12.4 Å². The molecule has 104 valence electrons. The quantitative estimate of drug-likeness (QED) is 0.767. The Kier molecular flexibility index (Phi) is 4.16. The van der Waals surface area contributed by atoms with Gasteiger partial charge >= 0.3 is 0 Å². The molecule has 7 heteroatoms. The van der Waals surface area contributed by atoms with Crippen molar-refractivity contribution in [1.82, 2.24) is 14.9 Å². The molecule has 19 heavy (non-hydrogen) atoms. The molecule has 0 bridgehead atoms. The maximum absolute atomic E-state index is 11.7. The number of piperazine rings is 1. The number of carbonyl (C=O) groups excluding carboxylic acids is 1. The Bertz CT molecular complexity index is 454. The zero-order chi connectivity index (χ0) is 13.8. The molecule has 1 aromatic rings. The van der Waals surface area contributed by atoms with Crippen LogP contribution in [0.4, 0.5) is 11.6 Å². The summed E-state index contributed by atoms with van der Waals surface area (Å²) in [6.07, 6.45) is 1.46. The fraction of sp³-hybridized carbons (Fsp3) is 0.583. The van der Waals surface area contributed by atoms with Crippen molar-refractivity contribution in [1.29, 1.82) is 0 Å². The Morgan fingerprint density at radius 1 is 1.47 bits per heavy atom. The van der Waals surface area contributed by atoms with Crippen molar-refractivity contribution in [2.75, 3.05) is 43.5 Å². The van der Waals surface area contributed by atoms with Gasteiger partial charge in [0.25, 0.3) is 0 Å². The van der Waals surface area contributed by atoms with Gasteiger partial charge < -0.3 is 20.2 Å². The minimum Gasteiger partial charge on any atom is -0.394 e. The molecule has 1 aliphatic heterocycles. The largest absolute Gasteiger partial charge is 0.394 e. The lowest BCUT2D eigenvalue weighted by molar-refractivity contribution is -0.129. The third-order valence-electron chi connectivity index (χ3n) is 3.10. The van der Waals surface area contributed by atoms with E-state index >= 15 is 0 Å². The van der Waals surface area contributed by atoms with Crippen LogP contribution in [0, 0.1) is 0 Å². The van der Waals surface area contributed by atoms with E-state index in [2.05, 4.69) is 15.3 Å². The van der Waals surface area contributed by atoms with Crippen molar-refractivity contribution in [2.45, 2.75) is 13.0 Å². The zero-order valence-corrected chi connectivity index (χ0v) is 11.2. The number of amides is 1. The highest BCUT2D eigenvalue weighted by atomic mass is 16.3. The second kappa shape index (κ2) is 5.83. The SMILES string of the molecule is C[C@@H](CO)Nc1cc(N2CCN(C)C(=O)C2)ncn1. The second-order valence-electron chi connectivity index (χ2n) is 4.73. The van der Waals surface area contributed by atoms with E-state index in [1.807, 2.05) is 11.8 Å². The molecule has 1 atom stereocenters. The van der Waals surface area contributed by atoms with Gasteiger partial charge in [0.1, 0.15) is 18.0 Å². The Morgan fingerprint density at radius 2 is 2.26 bits per heavy atom. The van der Waals surface area contributed by atoms with Crippen LogP contribution in [0.3, 0.4) is 0 Å². The molecule has 1 amide bonds. The number of carbonyl (C=O) groups is 1. The number of nitrogens with zero attached hydrogens (tertiary/aromatic N) is 4. The molecule has 1 fully saturated rings. The van der Waals surface area contributed by atoms with Crippen LogP contribution in [0.25, 0.3) is 0 Å². The Morgan fingerprint density at radius 3 is 2.95 bits per heavy atom. The molecule has 1 aromatic heterocycles. The van der Waals surface area contributed by atoms with E-state index in [1.165, 1.54) is 6.33 Å². The van der Waals surface area contributed by atoms with Gasteiger partial charge in [-0.15, -0.1) is 0 Å². The number of aliphatic hydroxyl groups excluding tert-OH is 1. The number of hydrogen-bond acceptors (Lipinski definition) is 6. The molecule has 0 aliphatic carbocycles. The molecule has 0 saturated carbocycles. The Labute approximate surface area is 112 Å². The van der Waals surface area contributed by atoms with Crippen molar-refractivity contribution >= 4 is 17.5 Å². The van der Waals surface area contributed by atoms with Crippen LogP contribution in [0.15, 0.2) is 12.4 Å².